The second kappa shape index (κ2) is 9.36. The quantitative estimate of drug-likeness (QED) is 0.392. The average molecular weight is 244 g/mol. The Hall–Kier alpha value is -1.68. The van der Waals surface area contributed by atoms with Crippen LogP contribution in [0.3, 0.4) is 0 Å². The highest BCUT2D eigenvalue weighted by Crippen LogP contribution is 2.15. The maximum absolute atomic E-state index is 9.56. The number of unbranched alkanes of at least 4 members (excludes halogenated alkanes) is 1. The zero-order valence-corrected chi connectivity index (χ0v) is 11.8. The summed E-state index contributed by atoms with van der Waals surface area (Å²) in [6.07, 6.45) is 7.87. The van der Waals surface area contributed by atoms with E-state index in [0.29, 0.717) is 11.1 Å². The van der Waals surface area contributed by atoms with Gasteiger partial charge in [-0.25, -0.2) is 0 Å². The fourth-order valence-electron chi connectivity index (χ4n) is 1.44. The molecule has 0 rings (SSSR count). The van der Waals surface area contributed by atoms with Crippen LogP contribution < -0.4 is 0 Å². The molecule has 0 amide bonds. The number of aliphatic hydroxyl groups excluding tert-OH is 1. The minimum Gasteiger partial charge on any atom is -0.508 e. The van der Waals surface area contributed by atoms with Crippen molar-refractivity contribution in [2.75, 3.05) is 0 Å². The molecule has 1 nitrogen and oxygen atoms in total. The Bertz CT molecular complexity index is 411. The molecule has 0 aromatic carbocycles. The molecule has 0 bridgehead atoms. The molecular weight excluding hydrogens is 220 g/mol. The number of rotatable bonds is 6. The summed E-state index contributed by atoms with van der Waals surface area (Å²) in [5.41, 5.74) is 2.51. The van der Waals surface area contributed by atoms with Crippen molar-refractivity contribution in [2.45, 2.75) is 46.5 Å². The summed E-state index contributed by atoms with van der Waals surface area (Å²) in [7, 11) is 0. The zero-order chi connectivity index (χ0) is 14.0. The van der Waals surface area contributed by atoms with Gasteiger partial charge in [-0.15, -0.1) is 0 Å². The van der Waals surface area contributed by atoms with E-state index in [1.807, 2.05) is 12.2 Å². The van der Waals surface area contributed by atoms with Gasteiger partial charge in [-0.3, -0.25) is 0 Å². The summed E-state index contributed by atoms with van der Waals surface area (Å²) < 4.78 is 0. The third-order valence-electron chi connectivity index (χ3n) is 2.43. The van der Waals surface area contributed by atoms with Crippen molar-refractivity contribution < 1.29 is 5.11 Å². The molecule has 0 aromatic heterocycles. The van der Waals surface area contributed by atoms with E-state index in [2.05, 4.69) is 45.8 Å². The molecule has 0 heterocycles. The average Bonchev–Trinajstić information content (AvgIpc) is 2.29. The second-order valence-corrected chi connectivity index (χ2v) is 4.32. The normalized spacial score (nSPS) is 11.7. The Morgan fingerprint density at radius 1 is 1.17 bits per heavy atom. The maximum atomic E-state index is 9.56. The lowest BCUT2D eigenvalue weighted by Gasteiger charge is -2.03. The molecule has 0 aliphatic rings. The van der Waals surface area contributed by atoms with Crippen molar-refractivity contribution in [3.63, 3.8) is 0 Å². The summed E-state index contributed by atoms with van der Waals surface area (Å²) in [5.74, 6) is 6.00. The molecular formula is C17H24O. The van der Waals surface area contributed by atoms with Crippen molar-refractivity contribution in [3.8, 4) is 11.8 Å². The maximum Gasteiger partial charge on any atom is 0.116 e. The van der Waals surface area contributed by atoms with Crippen LogP contribution >= 0.6 is 0 Å². The van der Waals surface area contributed by atoms with Gasteiger partial charge in [0.15, 0.2) is 0 Å². The first-order valence-electron chi connectivity index (χ1n) is 6.46. The summed E-state index contributed by atoms with van der Waals surface area (Å²) in [6.45, 7) is 13.7. The lowest BCUT2D eigenvalue weighted by Crippen LogP contribution is -1.89. The fourth-order valence-corrected chi connectivity index (χ4v) is 1.44. The highest BCUT2D eigenvalue weighted by Gasteiger charge is 2.02. The first-order valence-corrected chi connectivity index (χ1v) is 6.46. The highest BCUT2D eigenvalue weighted by molar-refractivity contribution is 5.52. The van der Waals surface area contributed by atoms with E-state index < -0.39 is 0 Å². The van der Waals surface area contributed by atoms with Crippen LogP contribution in [0.2, 0.25) is 0 Å². The van der Waals surface area contributed by atoms with E-state index >= 15 is 0 Å². The third-order valence-corrected chi connectivity index (χ3v) is 2.43. The number of allylic oxidation sites excluding steroid dienone is 4. The molecule has 0 saturated heterocycles. The zero-order valence-electron chi connectivity index (χ0n) is 11.8. The molecule has 0 atom stereocenters. The van der Waals surface area contributed by atoms with E-state index in [4.69, 9.17) is 0 Å². The van der Waals surface area contributed by atoms with Crippen molar-refractivity contribution in [1.82, 2.24) is 0 Å². The Labute approximate surface area is 112 Å². The van der Waals surface area contributed by atoms with Crippen LogP contribution in [0, 0.1) is 11.8 Å². The molecule has 0 spiro atoms. The van der Waals surface area contributed by atoms with Crippen molar-refractivity contribution in [2.24, 2.45) is 0 Å². The van der Waals surface area contributed by atoms with Crippen LogP contribution in [0.1, 0.15) is 46.5 Å². The molecule has 0 radical (unpaired) electrons. The Morgan fingerprint density at radius 3 is 2.33 bits per heavy atom. The second-order valence-electron chi connectivity index (χ2n) is 4.32. The molecule has 0 saturated carbocycles. The topological polar surface area (TPSA) is 20.2 Å². The number of hydrogen-bond donors (Lipinski definition) is 1. The lowest BCUT2D eigenvalue weighted by atomic mass is 10.0. The predicted molar refractivity (Wildman–Crippen MR) is 80.3 cm³/mol. The predicted octanol–water partition coefficient (Wildman–Crippen LogP) is 5.09. The molecule has 0 aliphatic carbocycles. The van der Waals surface area contributed by atoms with Gasteiger partial charge < -0.3 is 5.11 Å². The van der Waals surface area contributed by atoms with Crippen LogP contribution in [0.15, 0.2) is 47.8 Å². The van der Waals surface area contributed by atoms with Crippen LogP contribution in [-0.2, 0) is 0 Å². The summed E-state index contributed by atoms with van der Waals surface area (Å²) in [4.78, 5) is 0. The standard InChI is InChI=1S/C17H24O/c1-6-8-9-11-15(4)17(16(5)18)13-12-14(3)10-7-2/h12-13,18H,4-8,10H2,1-3H3/b14-12-,17-13+. The van der Waals surface area contributed by atoms with Gasteiger partial charge in [0.2, 0.25) is 0 Å². The van der Waals surface area contributed by atoms with Gasteiger partial charge in [-0.1, -0.05) is 63.0 Å². The first kappa shape index (κ1) is 16.3. The van der Waals surface area contributed by atoms with Gasteiger partial charge in [0, 0.05) is 17.6 Å². The van der Waals surface area contributed by atoms with E-state index in [1.54, 1.807) is 0 Å². The molecule has 0 aliphatic heterocycles. The van der Waals surface area contributed by atoms with Crippen molar-refractivity contribution in [3.05, 3.63) is 47.8 Å². The molecule has 1 N–H and O–H groups in total. The molecule has 98 valence electrons. The van der Waals surface area contributed by atoms with Gasteiger partial charge in [-0.2, -0.15) is 0 Å². The lowest BCUT2D eigenvalue weighted by molar-refractivity contribution is 0.428. The number of aliphatic hydroxyl groups is 1. The summed E-state index contributed by atoms with van der Waals surface area (Å²) in [6, 6.07) is 0. The minimum absolute atomic E-state index is 0.0198. The fraction of sp³-hybridized carbons (Fsp3) is 0.412. The van der Waals surface area contributed by atoms with Crippen LogP contribution in [0.5, 0.6) is 0 Å². The monoisotopic (exact) mass is 244 g/mol. The minimum atomic E-state index is 0.0198. The van der Waals surface area contributed by atoms with E-state index in [-0.39, 0.29) is 5.76 Å². The van der Waals surface area contributed by atoms with Crippen LogP contribution in [-0.4, -0.2) is 5.11 Å². The van der Waals surface area contributed by atoms with Crippen LogP contribution in [0.25, 0.3) is 0 Å². The van der Waals surface area contributed by atoms with E-state index in [9.17, 15) is 5.11 Å². The van der Waals surface area contributed by atoms with Crippen LogP contribution in [0.4, 0.5) is 0 Å². The Morgan fingerprint density at radius 2 is 1.83 bits per heavy atom. The van der Waals surface area contributed by atoms with Crippen molar-refractivity contribution >= 4 is 0 Å². The SMILES string of the molecule is C=C(O)/C(=C/C=C(/C)CCC)C(=C)C#CCCC. The summed E-state index contributed by atoms with van der Waals surface area (Å²) in [5, 5.41) is 9.56. The molecule has 0 fully saturated rings. The highest BCUT2D eigenvalue weighted by atomic mass is 16.3. The summed E-state index contributed by atoms with van der Waals surface area (Å²) >= 11 is 0. The molecule has 0 unspecified atom stereocenters. The molecule has 0 aromatic rings. The number of hydrogen-bond acceptors (Lipinski definition) is 1. The van der Waals surface area contributed by atoms with E-state index in [0.717, 1.165) is 25.7 Å². The van der Waals surface area contributed by atoms with Gasteiger partial charge in [0.1, 0.15) is 5.76 Å². The Kier molecular flexibility index (Phi) is 8.49. The first-order chi connectivity index (χ1) is 8.52. The largest absolute Gasteiger partial charge is 0.508 e. The third kappa shape index (κ3) is 6.81. The smallest absolute Gasteiger partial charge is 0.116 e. The van der Waals surface area contributed by atoms with Gasteiger partial charge in [-0.05, 0) is 19.8 Å². The van der Waals surface area contributed by atoms with Gasteiger partial charge >= 0.3 is 0 Å². The van der Waals surface area contributed by atoms with Crippen molar-refractivity contribution in [1.29, 1.82) is 0 Å². The van der Waals surface area contributed by atoms with E-state index in [1.165, 1.54) is 5.57 Å². The molecule has 18 heavy (non-hydrogen) atoms. The van der Waals surface area contributed by atoms with Gasteiger partial charge in [0.25, 0.3) is 0 Å². The molecule has 1 heteroatoms. The Balaban J connectivity index is 4.94. The van der Waals surface area contributed by atoms with Gasteiger partial charge in [0.05, 0.1) is 0 Å².